The molecule has 1 saturated heterocycles. The van der Waals surface area contributed by atoms with E-state index in [1.54, 1.807) is 31.4 Å². The van der Waals surface area contributed by atoms with Crippen LogP contribution >= 0.6 is 34.9 Å². The number of methoxy groups -OCH3 is 1. The Hall–Kier alpha value is -3.36. The van der Waals surface area contributed by atoms with Gasteiger partial charge in [-0.25, -0.2) is 4.79 Å². The maximum absolute atomic E-state index is 13.1. The molecular formula is C21H21ClN6O6S2. The summed E-state index contributed by atoms with van der Waals surface area (Å²) in [5.74, 6) is -0.782. The average molecular weight is 553 g/mol. The highest BCUT2D eigenvalue weighted by molar-refractivity contribution is 8.00. The topological polar surface area (TPSA) is 158 Å². The normalized spacial score (nSPS) is 19.4. The van der Waals surface area contributed by atoms with Crippen LogP contribution in [0.4, 0.5) is 5.13 Å². The Balaban J connectivity index is 1.46. The summed E-state index contributed by atoms with van der Waals surface area (Å²) in [5, 5.41) is 5.90. The minimum atomic E-state index is -0.915. The van der Waals surface area contributed by atoms with Crippen molar-refractivity contribution in [2.75, 3.05) is 31.6 Å². The molecule has 2 atom stereocenters. The van der Waals surface area contributed by atoms with Crippen molar-refractivity contribution in [2.45, 2.75) is 18.0 Å². The van der Waals surface area contributed by atoms with Gasteiger partial charge in [0.2, 0.25) is 11.5 Å². The van der Waals surface area contributed by atoms with Crippen molar-refractivity contribution in [3.8, 4) is 5.75 Å². The Morgan fingerprint density at radius 2 is 2.06 bits per heavy atom. The number of β-lactam (4-membered cyclic amide) rings is 1. The van der Waals surface area contributed by atoms with Crippen LogP contribution in [-0.2, 0) is 30.6 Å². The Morgan fingerprint density at radius 1 is 1.31 bits per heavy atom. The van der Waals surface area contributed by atoms with Crippen LogP contribution in [0.5, 0.6) is 5.75 Å². The molecule has 0 aliphatic carbocycles. The molecule has 0 bridgehead atoms. The number of alkyl halides is 1. The fourth-order valence-electron chi connectivity index (χ4n) is 3.53. The third kappa shape index (κ3) is 5.10. The number of amides is 2. The van der Waals surface area contributed by atoms with E-state index in [1.807, 2.05) is 0 Å². The summed E-state index contributed by atoms with van der Waals surface area (Å²) < 4.78 is 14.6. The van der Waals surface area contributed by atoms with Gasteiger partial charge in [-0.15, -0.1) is 23.4 Å². The zero-order valence-electron chi connectivity index (χ0n) is 19.1. The molecule has 0 radical (unpaired) electrons. The van der Waals surface area contributed by atoms with E-state index in [0.717, 1.165) is 17.1 Å². The lowest BCUT2D eigenvalue weighted by Gasteiger charge is -2.49. The molecule has 12 nitrogen and oxygen atoms in total. The van der Waals surface area contributed by atoms with Crippen LogP contribution in [-0.4, -0.2) is 75.0 Å². The van der Waals surface area contributed by atoms with Crippen molar-refractivity contribution < 1.29 is 28.7 Å². The number of carbonyl (C=O) groups is 3. The molecule has 2 aromatic rings. The maximum atomic E-state index is 13.1. The van der Waals surface area contributed by atoms with Gasteiger partial charge in [-0.3, -0.25) is 14.5 Å². The van der Waals surface area contributed by atoms with Crippen LogP contribution in [0.3, 0.4) is 0 Å². The standard InChI is InChI=1S/C21H21ClN6O6S2/c1-32-12-5-3-10(4-6-12)8-34-20(31)15-11(7-22)9-35-19-14(18(30)28(15)19)24-17(29)13(26-33-2)16-25-21(23)36-27-16/h3-6,14,19H,7-9H2,1-2H3,(H,24,29)(H2,23,25,27)/b26-13-/t14?,19-/m0/s1. The van der Waals surface area contributed by atoms with Crippen molar-refractivity contribution in [2.24, 2.45) is 5.16 Å². The van der Waals surface area contributed by atoms with Gasteiger partial charge in [-0.1, -0.05) is 17.3 Å². The molecule has 3 N–H and O–H groups in total. The number of ether oxygens (including phenoxy) is 2. The molecule has 4 rings (SSSR count). The van der Waals surface area contributed by atoms with Crippen molar-refractivity contribution in [3.05, 3.63) is 46.9 Å². The number of hydrogen-bond acceptors (Lipinski definition) is 12. The molecule has 3 heterocycles. The Bertz CT molecular complexity index is 1230. The Morgan fingerprint density at radius 3 is 2.67 bits per heavy atom. The quantitative estimate of drug-likeness (QED) is 0.152. The summed E-state index contributed by atoms with van der Waals surface area (Å²) in [6.07, 6.45) is 0. The molecule has 2 amide bonds. The third-order valence-electron chi connectivity index (χ3n) is 5.27. The number of hydrogen-bond donors (Lipinski definition) is 2. The van der Waals surface area contributed by atoms with Gasteiger partial charge >= 0.3 is 5.97 Å². The number of carbonyl (C=O) groups excluding carboxylic acids is 3. The molecule has 2 aliphatic rings. The van der Waals surface area contributed by atoms with Gasteiger partial charge in [0, 0.05) is 23.2 Å². The van der Waals surface area contributed by atoms with E-state index in [-0.39, 0.29) is 34.9 Å². The van der Waals surface area contributed by atoms with E-state index in [1.165, 1.54) is 23.8 Å². The summed E-state index contributed by atoms with van der Waals surface area (Å²) in [6, 6.07) is 6.13. The van der Waals surface area contributed by atoms with E-state index in [0.29, 0.717) is 17.1 Å². The number of fused-ring (bicyclic) bond motifs is 1. The third-order valence-corrected chi connectivity index (χ3v) is 7.47. The molecular weight excluding hydrogens is 532 g/mol. The molecule has 1 aromatic heterocycles. The summed E-state index contributed by atoms with van der Waals surface area (Å²) in [6.45, 7) is 0.00249. The molecule has 36 heavy (non-hydrogen) atoms. The van der Waals surface area contributed by atoms with Gasteiger partial charge in [0.15, 0.2) is 5.13 Å². The number of benzene rings is 1. The van der Waals surface area contributed by atoms with Gasteiger partial charge in [-0.2, -0.15) is 9.36 Å². The summed E-state index contributed by atoms with van der Waals surface area (Å²) in [7, 11) is 2.82. The predicted molar refractivity (Wildman–Crippen MR) is 133 cm³/mol. The van der Waals surface area contributed by atoms with Crippen molar-refractivity contribution in [1.82, 2.24) is 19.6 Å². The minimum Gasteiger partial charge on any atom is -0.497 e. The fraction of sp³-hybridized carbons (Fsp3) is 0.333. The van der Waals surface area contributed by atoms with Crippen LogP contribution in [0.15, 0.2) is 40.7 Å². The van der Waals surface area contributed by atoms with Crippen LogP contribution in [0.2, 0.25) is 0 Å². The molecule has 190 valence electrons. The summed E-state index contributed by atoms with van der Waals surface area (Å²) in [5.41, 5.74) is 6.78. The first-order valence-electron chi connectivity index (χ1n) is 10.4. The van der Waals surface area contributed by atoms with Gasteiger partial charge in [-0.05, 0) is 23.3 Å². The van der Waals surface area contributed by atoms with E-state index in [2.05, 4.69) is 19.8 Å². The first kappa shape index (κ1) is 25.7. The highest BCUT2D eigenvalue weighted by Gasteiger charge is 2.54. The lowest BCUT2D eigenvalue weighted by atomic mass is 10.0. The number of esters is 1. The molecule has 1 fully saturated rings. The molecule has 1 aromatic carbocycles. The SMILES string of the molecule is CO/N=C(\C(=O)NC1C(=O)N2C(C(=O)OCc3ccc(OC)cc3)=C(CCl)CS[C@@H]12)c1nsc(N)n1. The number of nitrogens with zero attached hydrogens (tertiary/aromatic N) is 4. The Kier molecular flexibility index (Phi) is 7.96. The Labute approximate surface area is 219 Å². The molecule has 1 unspecified atom stereocenters. The number of oxime groups is 1. The van der Waals surface area contributed by atoms with Gasteiger partial charge in [0.05, 0.1) is 7.11 Å². The van der Waals surface area contributed by atoms with E-state index in [4.69, 9.17) is 31.6 Å². The average Bonchev–Trinajstić information content (AvgIpc) is 3.33. The van der Waals surface area contributed by atoms with Crippen LogP contribution in [0, 0.1) is 0 Å². The number of halogens is 1. The number of nitrogens with one attached hydrogen (secondary N) is 1. The first-order chi connectivity index (χ1) is 17.4. The van der Waals surface area contributed by atoms with Crippen LogP contribution in [0.1, 0.15) is 11.4 Å². The molecule has 2 aliphatic heterocycles. The number of nitrogen functional groups attached to an aromatic ring is 1. The van der Waals surface area contributed by atoms with E-state index < -0.39 is 29.2 Å². The number of nitrogens with two attached hydrogens (primary N) is 1. The zero-order valence-corrected chi connectivity index (χ0v) is 21.5. The molecule has 0 spiro atoms. The van der Waals surface area contributed by atoms with Crippen LogP contribution in [0.25, 0.3) is 0 Å². The van der Waals surface area contributed by atoms with Gasteiger partial charge < -0.3 is 25.4 Å². The second kappa shape index (κ2) is 11.1. The zero-order chi connectivity index (χ0) is 25.8. The second-order valence-corrected chi connectivity index (χ2v) is 9.61. The molecule has 15 heteroatoms. The summed E-state index contributed by atoms with van der Waals surface area (Å²) >= 11 is 8.33. The van der Waals surface area contributed by atoms with Crippen molar-refractivity contribution >= 4 is 63.5 Å². The largest absolute Gasteiger partial charge is 0.497 e. The second-order valence-electron chi connectivity index (χ2n) is 7.45. The number of anilines is 1. The van der Waals surface area contributed by atoms with Gasteiger partial charge in [0.25, 0.3) is 11.8 Å². The van der Waals surface area contributed by atoms with E-state index in [9.17, 15) is 14.4 Å². The summed E-state index contributed by atoms with van der Waals surface area (Å²) in [4.78, 5) is 48.9. The highest BCUT2D eigenvalue weighted by atomic mass is 35.5. The first-order valence-corrected chi connectivity index (χ1v) is 12.8. The smallest absolute Gasteiger partial charge is 0.355 e. The van der Waals surface area contributed by atoms with Crippen molar-refractivity contribution in [3.63, 3.8) is 0 Å². The van der Waals surface area contributed by atoms with E-state index >= 15 is 0 Å². The lowest BCUT2D eigenvalue weighted by Crippen LogP contribution is -2.71. The van der Waals surface area contributed by atoms with Gasteiger partial charge in [0.1, 0.15) is 36.6 Å². The maximum Gasteiger partial charge on any atom is 0.355 e. The predicted octanol–water partition coefficient (Wildman–Crippen LogP) is 1.12. The van der Waals surface area contributed by atoms with Crippen molar-refractivity contribution in [1.29, 1.82) is 0 Å². The fourth-order valence-corrected chi connectivity index (χ4v) is 5.64. The molecule has 0 saturated carbocycles. The number of thioether (sulfide) groups is 1. The van der Waals surface area contributed by atoms with Crippen LogP contribution < -0.4 is 15.8 Å². The minimum absolute atomic E-state index is 0.00249. The number of rotatable bonds is 9. The highest BCUT2D eigenvalue weighted by Crippen LogP contribution is 2.41. The lowest BCUT2D eigenvalue weighted by molar-refractivity contribution is -0.153. The monoisotopic (exact) mass is 552 g/mol. The number of aromatic nitrogens is 2.